The zero-order valence-electron chi connectivity index (χ0n) is 9.02. The maximum atomic E-state index is 10.2. The monoisotopic (exact) mass is 276 g/mol. The van der Waals surface area contributed by atoms with Gasteiger partial charge in [0.15, 0.2) is 0 Å². The van der Waals surface area contributed by atoms with Crippen LogP contribution in [-0.4, -0.2) is 5.11 Å². The van der Waals surface area contributed by atoms with Gasteiger partial charge < -0.3 is 5.11 Å². The Kier molecular flexibility index (Phi) is 3.42. The average molecular weight is 277 g/mol. The molecule has 2 aromatic carbocycles. The first-order chi connectivity index (χ1) is 7.66. The maximum Gasteiger partial charge on any atom is 0.104 e. The van der Waals surface area contributed by atoms with Crippen LogP contribution in [0.3, 0.4) is 0 Å². The highest BCUT2D eigenvalue weighted by atomic mass is 79.9. The summed E-state index contributed by atoms with van der Waals surface area (Å²) in [4.78, 5) is 0. The molecule has 0 aromatic heterocycles. The molecule has 1 nitrogen and oxygen atoms in total. The fourth-order valence-electron chi connectivity index (χ4n) is 1.68. The Labute approximate surface area is 104 Å². The molecule has 2 aromatic rings. The second-order valence-corrected chi connectivity index (χ2v) is 4.78. The van der Waals surface area contributed by atoms with E-state index >= 15 is 0 Å². The molecule has 0 saturated carbocycles. The van der Waals surface area contributed by atoms with E-state index in [2.05, 4.69) is 15.9 Å². The second-order valence-electron chi connectivity index (χ2n) is 3.87. The molecule has 1 atom stereocenters. The van der Waals surface area contributed by atoms with Gasteiger partial charge in [0.25, 0.3) is 0 Å². The summed E-state index contributed by atoms with van der Waals surface area (Å²) in [6.45, 7) is 2.03. The first-order valence-electron chi connectivity index (χ1n) is 5.17. The minimum Gasteiger partial charge on any atom is -0.384 e. The van der Waals surface area contributed by atoms with Crippen molar-refractivity contribution in [3.63, 3.8) is 0 Å². The molecule has 0 unspecified atom stereocenters. The van der Waals surface area contributed by atoms with Crippen LogP contribution in [0.15, 0.2) is 53.0 Å². The van der Waals surface area contributed by atoms with Gasteiger partial charge in [0.05, 0.1) is 0 Å². The summed E-state index contributed by atoms with van der Waals surface area (Å²) in [7, 11) is 0. The molecule has 0 amide bonds. The topological polar surface area (TPSA) is 20.2 Å². The Morgan fingerprint density at radius 2 is 1.69 bits per heavy atom. The molecule has 16 heavy (non-hydrogen) atoms. The van der Waals surface area contributed by atoms with Gasteiger partial charge in [-0.25, -0.2) is 0 Å². The summed E-state index contributed by atoms with van der Waals surface area (Å²) in [6, 6.07) is 15.7. The van der Waals surface area contributed by atoms with E-state index in [4.69, 9.17) is 0 Å². The molecule has 2 heteroatoms. The lowest BCUT2D eigenvalue weighted by molar-refractivity contribution is 0.220. The van der Waals surface area contributed by atoms with E-state index in [1.165, 1.54) is 0 Å². The van der Waals surface area contributed by atoms with Crippen molar-refractivity contribution in [1.82, 2.24) is 0 Å². The molecule has 82 valence electrons. The zero-order chi connectivity index (χ0) is 11.5. The molecule has 0 bridgehead atoms. The third-order valence-electron chi connectivity index (χ3n) is 2.54. The van der Waals surface area contributed by atoms with Gasteiger partial charge >= 0.3 is 0 Å². The average Bonchev–Trinajstić information content (AvgIpc) is 2.29. The van der Waals surface area contributed by atoms with Crippen LogP contribution in [0.4, 0.5) is 0 Å². The van der Waals surface area contributed by atoms with Crippen molar-refractivity contribution in [2.75, 3.05) is 0 Å². The van der Waals surface area contributed by atoms with Gasteiger partial charge in [0.1, 0.15) is 6.10 Å². The molecular weight excluding hydrogens is 264 g/mol. The number of benzene rings is 2. The van der Waals surface area contributed by atoms with Crippen molar-refractivity contribution >= 4 is 15.9 Å². The van der Waals surface area contributed by atoms with Gasteiger partial charge in [-0.3, -0.25) is 0 Å². The van der Waals surface area contributed by atoms with Gasteiger partial charge in [-0.15, -0.1) is 0 Å². The van der Waals surface area contributed by atoms with Crippen LogP contribution in [0.1, 0.15) is 22.8 Å². The first kappa shape index (κ1) is 11.4. The van der Waals surface area contributed by atoms with Crippen LogP contribution in [0.5, 0.6) is 0 Å². The van der Waals surface area contributed by atoms with Gasteiger partial charge in [0.2, 0.25) is 0 Å². The second kappa shape index (κ2) is 4.81. The van der Waals surface area contributed by atoms with E-state index < -0.39 is 6.10 Å². The van der Waals surface area contributed by atoms with Crippen LogP contribution < -0.4 is 0 Å². The van der Waals surface area contributed by atoms with Gasteiger partial charge in [-0.1, -0.05) is 57.9 Å². The predicted molar refractivity (Wildman–Crippen MR) is 69.4 cm³/mol. The zero-order valence-corrected chi connectivity index (χ0v) is 10.6. The smallest absolute Gasteiger partial charge is 0.104 e. The lowest BCUT2D eigenvalue weighted by atomic mass is 10.0. The number of hydrogen-bond donors (Lipinski definition) is 1. The highest BCUT2D eigenvalue weighted by Crippen LogP contribution is 2.23. The van der Waals surface area contributed by atoms with Crippen LogP contribution in [-0.2, 0) is 0 Å². The molecule has 0 fully saturated rings. The van der Waals surface area contributed by atoms with E-state index in [1.54, 1.807) is 0 Å². The normalized spacial score (nSPS) is 12.4. The van der Waals surface area contributed by atoms with Gasteiger partial charge in [-0.05, 0) is 30.2 Å². The first-order valence-corrected chi connectivity index (χ1v) is 5.96. The summed E-state index contributed by atoms with van der Waals surface area (Å²) in [5.41, 5.74) is 3.00. The highest BCUT2D eigenvalue weighted by Gasteiger charge is 2.09. The number of rotatable bonds is 2. The molecule has 0 spiro atoms. The number of hydrogen-bond acceptors (Lipinski definition) is 1. The van der Waals surface area contributed by atoms with Crippen molar-refractivity contribution in [3.05, 3.63) is 69.7 Å². The van der Waals surface area contributed by atoms with E-state index in [0.29, 0.717) is 0 Å². The summed E-state index contributed by atoms with van der Waals surface area (Å²) in [5, 5.41) is 10.2. The molecule has 0 saturated heterocycles. The SMILES string of the molecule is Cc1cccc([C@@H](O)c2ccc(Br)cc2)c1. The van der Waals surface area contributed by atoms with E-state index in [9.17, 15) is 5.11 Å². The molecular formula is C14H13BrO. The Bertz CT molecular complexity index is 476. The molecule has 0 radical (unpaired) electrons. The van der Waals surface area contributed by atoms with Gasteiger partial charge in [-0.2, -0.15) is 0 Å². The van der Waals surface area contributed by atoms with E-state index in [-0.39, 0.29) is 0 Å². The van der Waals surface area contributed by atoms with Gasteiger partial charge in [0, 0.05) is 4.47 Å². The van der Waals surface area contributed by atoms with Crippen molar-refractivity contribution < 1.29 is 5.11 Å². The van der Waals surface area contributed by atoms with Crippen LogP contribution in [0.2, 0.25) is 0 Å². The molecule has 0 aliphatic carbocycles. The molecule has 1 N–H and O–H groups in total. The Morgan fingerprint density at radius 3 is 2.31 bits per heavy atom. The van der Waals surface area contributed by atoms with E-state index in [0.717, 1.165) is 21.2 Å². The molecule has 2 rings (SSSR count). The Hall–Kier alpha value is -1.12. The number of aryl methyl sites for hydroxylation is 1. The fraction of sp³-hybridized carbons (Fsp3) is 0.143. The number of aliphatic hydroxyl groups excluding tert-OH is 1. The minimum atomic E-state index is -0.548. The molecule has 0 aliphatic rings. The van der Waals surface area contributed by atoms with Crippen molar-refractivity contribution in [1.29, 1.82) is 0 Å². The lowest BCUT2D eigenvalue weighted by Crippen LogP contribution is -1.99. The minimum absolute atomic E-state index is 0.548. The van der Waals surface area contributed by atoms with Crippen molar-refractivity contribution in [2.45, 2.75) is 13.0 Å². The number of halogens is 1. The standard InChI is InChI=1S/C14H13BrO/c1-10-3-2-4-12(9-10)14(16)11-5-7-13(15)8-6-11/h2-9,14,16H,1H3/t14-/m0/s1. The van der Waals surface area contributed by atoms with E-state index in [1.807, 2.05) is 55.5 Å². The Balaban J connectivity index is 2.31. The summed E-state index contributed by atoms with van der Waals surface area (Å²) in [5.74, 6) is 0. The van der Waals surface area contributed by atoms with Crippen LogP contribution >= 0.6 is 15.9 Å². The largest absolute Gasteiger partial charge is 0.384 e. The molecule has 0 aliphatic heterocycles. The van der Waals surface area contributed by atoms with Crippen LogP contribution in [0, 0.1) is 6.92 Å². The quantitative estimate of drug-likeness (QED) is 0.884. The van der Waals surface area contributed by atoms with Crippen molar-refractivity contribution in [3.8, 4) is 0 Å². The third kappa shape index (κ3) is 2.52. The highest BCUT2D eigenvalue weighted by molar-refractivity contribution is 9.10. The van der Waals surface area contributed by atoms with Crippen LogP contribution in [0.25, 0.3) is 0 Å². The maximum absolute atomic E-state index is 10.2. The fourth-order valence-corrected chi connectivity index (χ4v) is 1.94. The summed E-state index contributed by atoms with van der Waals surface area (Å²) < 4.78 is 1.02. The predicted octanol–water partition coefficient (Wildman–Crippen LogP) is 3.84. The number of aliphatic hydroxyl groups is 1. The molecule has 0 heterocycles. The summed E-state index contributed by atoms with van der Waals surface area (Å²) >= 11 is 3.38. The van der Waals surface area contributed by atoms with Crippen molar-refractivity contribution in [2.24, 2.45) is 0 Å². The Morgan fingerprint density at radius 1 is 1.00 bits per heavy atom. The third-order valence-corrected chi connectivity index (χ3v) is 3.07. The lowest BCUT2D eigenvalue weighted by Gasteiger charge is -2.12. The summed E-state index contributed by atoms with van der Waals surface area (Å²) in [6.07, 6.45) is -0.548.